The average Bonchev–Trinajstić information content (AvgIpc) is 2.61. The van der Waals surface area contributed by atoms with E-state index in [9.17, 15) is 0 Å². The van der Waals surface area contributed by atoms with Crippen LogP contribution in [0, 0.1) is 0 Å². The predicted molar refractivity (Wildman–Crippen MR) is 105 cm³/mol. The Labute approximate surface area is 146 Å². The summed E-state index contributed by atoms with van der Waals surface area (Å²) in [5.41, 5.74) is 28.0. The van der Waals surface area contributed by atoms with Crippen LogP contribution in [0.1, 0.15) is 67.1 Å². The van der Waals surface area contributed by atoms with E-state index in [0.717, 1.165) is 48.2 Å². The van der Waals surface area contributed by atoms with Crippen molar-refractivity contribution in [1.82, 2.24) is 0 Å². The number of hydrogen-bond donors (Lipinski definition) is 3. The largest absolute Gasteiger partial charge is 0.398 e. The van der Waals surface area contributed by atoms with Crippen LogP contribution in [0.4, 0.5) is 11.4 Å². The second-order valence-corrected chi connectivity index (χ2v) is 6.40. The van der Waals surface area contributed by atoms with Gasteiger partial charge in [-0.05, 0) is 59.1 Å². The zero-order valence-corrected chi connectivity index (χ0v) is 15.4. The number of benzene rings is 2. The van der Waals surface area contributed by atoms with E-state index in [0.29, 0.717) is 0 Å². The van der Waals surface area contributed by atoms with Gasteiger partial charge in [-0.15, -0.1) is 0 Å². The summed E-state index contributed by atoms with van der Waals surface area (Å²) >= 11 is 0. The Morgan fingerprint density at radius 3 is 1.08 bits per heavy atom. The molecule has 0 aliphatic rings. The molecule has 0 radical (unpaired) electrons. The molecule has 2 rings (SSSR count). The molecular formula is C21H31N3. The standard InChI is InChI=1S/C21H31N3/c1-5-13-9-17(10-14(6-2)19(13)22)21(24)18-11-15(7-3)20(23)16(8-4)12-18/h9-12,21H,5-8,22-24H2,1-4H3. The SMILES string of the molecule is CCc1cc(C(N)c2cc(CC)c(N)c(CC)c2)cc(CC)c1N. The van der Waals surface area contributed by atoms with Crippen LogP contribution in [0.5, 0.6) is 0 Å². The Hall–Kier alpha value is -2.00. The van der Waals surface area contributed by atoms with Gasteiger partial charge in [-0.25, -0.2) is 0 Å². The summed E-state index contributed by atoms with van der Waals surface area (Å²) < 4.78 is 0. The van der Waals surface area contributed by atoms with Crippen LogP contribution in [-0.4, -0.2) is 0 Å². The number of hydrogen-bond acceptors (Lipinski definition) is 3. The minimum absolute atomic E-state index is 0.155. The summed E-state index contributed by atoms with van der Waals surface area (Å²) in [5.74, 6) is 0. The van der Waals surface area contributed by atoms with Gasteiger partial charge in [-0.2, -0.15) is 0 Å². The first-order valence-electron chi connectivity index (χ1n) is 9.04. The molecule has 0 unspecified atom stereocenters. The highest BCUT2D eigenvalue weighted by atomic mass is 14.6. The maximum Gasteiger partial charge on any atom is 0.0552 e. The van der Waals surface area contributed by atoms with Crippen molar-refractivity contribution in [2.24, 2.45) is 5.73 Å². The zero-order chi connectivity index (χ0) is 17.9. The fraction of sp³-hybridized carbons (Fsp3) is 0.429. The van der Waals surface area contributed by atoms with E-state index in [4.69, 9.17) is 17.2 Å². The Bertz CT molecular complexity index is 608. The molecule has 0 aromatic heterocycles. The molecule has 6 N–H and O–H groups in total. The van der Waals surface area contributed by atoms with E-state index in [1.54, 1.807) is 0 Å². The second-order valence-electron chi connectivity index (χ2n) is 6.40. The van der Waals surface area contributed by atoms with Crippen molar-refractivity contribution in [3.05, 3.63) is 57.6 Å². The summed E-state index contributed by atoms with van der Waals surface area (Å²) in [7, 11) is 0. The minimum atomic E-state index is -0.155. The van der Waals surface area contributed by atoms with Gasteiger partial charge in [0.2, 0.25) is 0 Å². The van der Waals surface area contributed by atoms with Gasteiger partial charge in [0.25, 0.3) is 0 Å². The van der Waals surface area contributed by atoms with Gasteiger partial charge in [-0.1, -0.05) is 52.0 Å². The molecule has 2 aromatic carbocycles. The van der Waals surface area contributed by atoms with Gasteiger partial charge >= 0.3 is 0 Å². The molecule has 0 bridgehead atoms. The summed E-state index contributed by atoms with van der Waals surface area (Å²) in [6.07, 6.45) is 3.67. The highest BCUT2D eigenvalue weighted by molar-refractivity contribution is 5.59. The van der Waals surface area contributed by atoms with Crippen LogP contribution in [0.15, 0.2) is 24.3 Å². The first-order valence-corrected chi connectivity index (χ1v) is 9.04. The number of anilines is 2. The Balaban J connectivity index is 2.54. The zero-order valence-electron chi connectivity index (χ0n) is 15.4. The fourth-order valence-corrected chi connectivity index (χ4v) is 3.33. The molecule has 0 atom stereocenters. The number of nitrogen functional groups attached to an aromatic ring is 2. The molecule has 0 heterocycles. The monoisotopic (exact) mass is 325 g/mol. The van der Waals surface area contributed by atoms with Crippen molar-refractivity contribution < 1.29 is 0 Å². The third-order valence-corrected chi connectivity index (χ3v) is 4.99. The lowest BCUT2D eigenvalue weighted by atomic mass is 9.90. The summed E-state index contributed by atoms with van der Waals surface area (Å²) in [6, 6.07) is 8.48. The van der Waals surface area contributed by atoms with E-state index in [1.165, 1.54) is 22.3 Å². The number of aryl methyl sites for hydroxylation is 4. The number of rotatable bonds is 6. The molecule has 3 nitrogen and oxygen atoms in total. The molecule has 24 heavy (non-hydrogen) atoms. The molecule has 130 valence electrons. The smallest absolute Gasteiger partial charge is 0.0552 e. The van der Waals surface area contributed by atoms with Crippen molar-refractivity contribution >= 4 is 11.4 Å². The lowest BCUT2D eigenvalue weighted by Gasteiger charge is -2.20. The van der Waals surface area contributed by atoms with Crippen molar-refractivity contribution in [3.63, 3.8) is 0 Å². The molecule has 0 fully saturated rings. The van der Waals surface area contributed by atoms with E-state index in [2.05, 4.69) is 52.0 Å². The van der Waals surface area contributed by atoms with Gasteiger partial charge in [0.15, 0.2) is 0 Å². The third-order valence-electron chi connectivity index (χ3n) is 4.99. The van der Waals surface area contributed by atoms with Crippen molar-refractivity contribution in [1.29, 1.82) is 0 Å². The van der Waals surface area contributed by atoms with E-state index in [-0.39, 0.29) is 6.04 Å². The van der Waals surface area contributed by atoms with Gasteiger partial charge < -0.3 is 17.2 Å². The first kappa shape index (κ1) is 18.3. The highest BCUT2D eigenvalue weighted by Gasteiger charge is 2.16. The Morgan fingerprint density at radius 2 is 0.875 bits per heavy atom. The molecule has 0 aliphatic carbocycles. The van der Waals surface area contributed by atoms with E-state index < -0.39 is 0 Å². The first-order chi connectivity index (χ1) is 11.5. The van der Waals surface area contributed by atoms with Crippen molar-refractivity contribution in [3.8, 4) is 0 Å². The Morgan fingerprint density at radius 1 is 0.625 bits per heavy atom. The van der Waals surface area contributed by atoms with Crippen LogP contribution >= 0.6 is 0 Å². The maximum atomic E-state index is 6.63. The molecule has 0 saturated heterocycles. The van der Waals surface area contributed by atoms with Crippen molar-refractivity contribution in [2.45, 2.75) is 59.4 Å². The summed E-state index contributed by atoms with van der Waals surface area (Å²) in [4.78, 5) is 0. The molecule has 0 aliphatic heterocycles. The average molecular weight is 326 g/mol. The molecule has 0 spiro atoms. The Kier molecular flexibility index (Phi) is 5.89. The molecule has 0 amide bonds. The summed E-state index contributed by atoms with van der Waals surface area (Å²) in [5, 5.41) is 0. The normalized spacial score (nSPS) is 11.2. The lowest BCUT2D eigenvalue weighted by Crippen LogP contribution is -2.15. The van der Waals surface area contributed by atoms with Crippen LogP contribution in [0.2, 0.25) is 0 Å². The maximum absolute atomic E-state index is 6.63. The van der Waals surface area contributed by atoms with Gasteiger partial charge in [0.1, 0.15) is 0 Å². The third kappa shape index (κ3) is 3.41. The van der Waals surface area contributed by atoms with E-state index >= 15 is 0 Å². The lowest BCUT2D eigenvalue weighted by molar-refractivity contribution is 0.855. The van der Waals surface area contributed by atoms with Gasteiger partial charge in [0.05, 0.1) is 6.04 Å². The highest BCUT2D eigenvalue weighted by Crippen LogP contribution is 2.30. The molecule has 0 saturated carbocycles. The molecular weight excluding hydrogens is 294 g/mol. The van der Waals surface area contributed by atoms with Crippen LogP contribution in [0.25, 0.3) is 0 Å². The van der Waals surface area contributed by atoms with Crippen molar-refractivity contribution in [2.75, 3.05) is 11.5 Å². The predicted octanol–water partition coefficient (Wildman–Crippen LogP) is 4.15. The second kappa shape index (κ2) is 7.71. The molecule has 2 aromatic rings. The van der Waals surface area contributed by atoms with E-state index in [1.807, 2.05) is 0 Å². The van der Waals surface area contributed by atoms with Crippen LogP contribution < -0.4 is 17.2 Å². The van der Waals surface area contributed by atoms with Crippen LogP contribution in [-0.2, 0) is 25.7 Å². The van der Waals surface area contributed by atoms with Gasteiger partial charge in [-0.3, -0.25) is 0 Å². The van der Waals surface area contributed by atoms with Crippen LogP contribution in [0.3, 0.4) is 0 Å². The topological polar surface area (TPSA) is 78.1 Å². The summed E-state index contributed by atoms with van der Waals surface area (Å²) in [6.45, 7) is 8.53. The van der Waals surface area contributed by atoms with Gasteiger partial charge in [0, 0.05) is 11.4 Å². The minimum Gasteiger partial charge on any atom is -0.398 e. The molecule has 3 heteroatoms. The fourth-order valence-electron chi connectivity index (χ4n) is 3.33. The number of nitrogens with two attached hydrogens (primary N) is 3. The quantitative estimate of drug-likeness (QED) is 0.698.